The topological polar surface area (TPSA) is 47.1 Å². The molecule has 2 N–H and O–H groups in total. The van der Waals surface area contributed by atoms with Gasteiger partial charge in [0, 0.05) is 54.2 Å². The Balaban J connectivity index is 1.70. The lowest BCUT2D eigenvalue weighted by Gasteiger charge is -2.13. The molecule has 0 bridgehead atoms. The van der Waals surface area contributed by atoms with Crippen molar-refractivity contribution >= 4 is 11.3 Å². The van der Waals surface area contributed by atoms with E-state index < -0.39 is 0 Å². The monoisotopic (exact) mass is 262 g/mol. The van der Waals surface area contributed by atoms with Gasteiger partial charge >= 0.3 is 0 Å². The van der Waals surface area contributed by atoms with E-state index in [1.807, 2.05) is 29.3 Å². The molecule has 5 heteroatoms. The molecule has 0 aliphatic carbocycles. The molecule has 0 saturated carbocycles. The van der Waals surface area contributed by atoms with E-state index in [0.29, 0.717) is 6.04 Å². The molecular formula is C13H18N4S. The predicted molar refractivity (Wildman–Crippen MR) is 74.4 cm³/mol. The van der Waals surface area contributed by atoms with Gasteiger partial charge in [-0.15, -0.1) is 11.3 Å². The molecule has 0 spiro atoms. The largest absolute Gasteiger partial charge is 0.326 e. The Kier molecular flexibility index (Phi) is 3.20. The first-order valence-electron chi connectivity index (χ1n) is 6.26. The molecule has 0 aromatic carbocycles. The van der Waals surface area contributed by atoms with Crippen LogP contribution in [0.15, 0.2) is 24.5 Å². The quantitative estimate of drug-likeness (QED) is 0.915. The summed E-state index contributed by atoms with van der Waals surface area (Å²) in [5, 5.41) is 4.21. The van der Waals surface area contributed by atoms with E-state index in [9.17, 15) is 0 Å². The van der Waals surface area contributed by atoms with E-state index in [4.69, 9.17) is 5.73 Å². The molecule has 1 atom stereocenters. The molecule has 96 valence electrons. The highest BCUT2D eigenvalue weighted by Gasteiger charge is 2.19. The van der Waals surface area contributed by atoms with Gasteiger partial charge in [0.2, 0.25) is 0 Å². The van der Waals surface area contributed by atoms with Crippen molar-refractivity contribution in [2.75, 3.05) is 13.1 Å². The third kappa shape index (κ3) is 2.48. The number of nitrogens with two attached hydrogens (primary N) is 1. The van der Waals surface area contributed by atoms with Crippen LogP contribution in [-0.2, 0) is 13.6 Å². The van der Waals surface area contributed by atoms with E-state index in [0.717, 1.165) is 26.1 Å². The zero-order valence-corrected chi connectivity index (χ0v) is 11.4. The molecule has 2 aromatic heterocycles. The number of rotatable bonds is 3. The van der Waals surface area contributed by atoms with Crippen LogP contribution in [0.1, 0.15) is 11.3 Å². The van der Waals surface area contributed by atoms with Gasteiger partial charge in [0.25, 0.3) is 0 Å². The smallest absolute Gasteiger partial charge is 0.0576 e. The minimum Gasteiger partial charge on any atom is -0.326 e. The Hall–Kier alpha value is -1.17. The van der Waals surface area contributed by atoms with Crippen molar-refractivity contribution in [2.45, 2.75) is 19.0 Å². The van der Waals surface area contributed by atoms with Crippen LogP contribution in [0.25, 0.3) is 10.4 Å². The van der Waals surface area contributed by atoms with Crippen molar-refractivity contribution in [1.29, 1.82) is 0 Å². The Morgan fingerprint density at radius 2 is 2.39 bits per heavy atom. The van der Waals surface area contributed by atoms with E-state index in [1.54, 1.807) is 0 Å². The molecular weight excluding hydrogens is 244 g/mol. The molecule has 3 heterocycles. The Bertz CT molecular complexity index is 531. The standard InChI is InChI=1S/C13H18N4S/c1-16-7-10(6-15-16)13-3-2-12(18-13)9-17-5-4-11(14)8-17/h2-3,6-7,11H,4-5,8-9,14H2,1H3/t11-/m0/s1. The molecule has 1 saturated heterocycles. The van der Waals surface area contributed by atoms with Gasteiger partial charge in [0.15, 0.2) is 0 Å². The van der Waals surface area contributed by atoms with Crippen LogP contribution in [0.5, 0.6) is 0 Å². The van der Waals surface area contributed by atoms with E-state index in [1.165, 1.54) is 15.3 Å². The minimum absolute atomic E-state index is 0.364. The Labute approximate surface area is 111 Å². The first-order valence-corrected chi connectivity index (χ1v) is 7.08. The van der Waals surface area contributed by atoms with Crippen LogP contribution in [0.3, 0.4) is 0 Å². The fourth-order valence-electron chi connectivity index (χ4n) is 2.39. The summed E-state index contributed by atoms with van der Waals surface area (Å²) in [4.78, 5) is 5.13. The average molecular weight is 262 g/mol. The predicted octanol–water partition coefficient (Wildman–Crippen LogP) is 1.68. The SMILES string of the molecule is Cn1cc(-c2ccc(CN3CC[C@H](N)C3)s2)cn1. The van der Waals surface area contributed by atoms with Crippen molar-refractivity contribution in [1.82, 2.24) is 14.7 Å². The van der Waals surface area contributed by atoms with Crippen molar-refractivity contribution in [3.63, 3.8) is 0 Å². The zero-order valence-electron chi connectivity index (χ0n) is 10.5. The molecule has 0 unspecified atom stereocenters. The maximum Gasteiger partial charge on any atom is 0.0576 e. The summed E-state index contributed by atoms with van der Waals surface area (Å²) in [6.45, 7) is 3.18. The molecule has 2 aromatic rings. The maximum atomic E-state index is 5.93. The van der Waals surface area contributed by atoms with Crippen molar-refractivity contribution < 1.29 is 0 Å². The second-order valence-corrected chi connectivity index (χ2v) is 6.12. The van der Waals surface area contributed by atoms with Crippen LogP contribution < -0.4 is 5.73 Å². The van der Waals surface area contributed by atoms with Gasteiger partial charge in [0.05, 0.1) is 6.20 Å². The lowest BCUT2D eigenvalue weighted by molar-refractivity contribution is 0.330. The van der Waals surface area contributed by atoms with Crippen LogP contribution in [0.2, 0.25) is 0 Å². The van der Waals surface area contributed by atoms with Crippen molar-refractivity contribution in [3.05, 3.63) is 29.4 Å². The maximum absolute atomic E-state index is 5.93. The van der Waals surface area contributed by atoms with E-state index in [2.05, 4.69) is 28.3 Å². The summed E-state index contributed by atoms with van der Waals surface area (Å²) in [6.07, 6.45) is 5.10. The normalized spacial score (nSPS) is 20.7. The highest BCUT2D eigenvalue weighted by atomic mass is 32.1. The van der Waals surface area contributed by atoms with Crippen LogP contribution >= 0.6 is 11.3 Å². The van der Waals surface area contributed by atoms with Gasteiger partial charge in [-0.2, -0.15) is 5.10 Å². The highest BCUT2D eigenvalue weighted by molar-refractivity contribution is 7.15. The fraction of sp³-hybridized carbons (Fsp3) is 0.462. The summed E-state index contributed by atoms with van der Waals surface area (Å²) < 4.78 is 1.84. The lowest BCUT2D eigenvalue weighted by atomic mass is 10.3. The van der Waals surface area contributed by atoms with E-state index in [-0.39, 0.29) is 0 Å². The third-order valence-corrected chi connectivity index (χ3v) is 4.46. The summed E-state index contributed by atoms with van der Waals surface area (Å²) in [6, 6.07) is 4.77. The van der Waals surface area contributed by atoms with Crippen molar-refractivity contribution in [3.8, 4) is 10.4 Å². The fourth-order valence-corrected chi connectivity index (χ4v) is 3.42. The second kappa shape index (κ2) is 4.84. The minimum atomic E-state index is 0.364. The van der Waals surface area contributed by atoms with Gasteiger partial charge < -0.3 is 5.73 Å². The zero-order chi connectivity index (χ0) is 12.5. The molecule has 18 heavy (non-hydrogen) atoms. The molecule has 0 radical (unpaired) electrons. The highest BCUT2D eigenvalue weighted by Crippen LogP contribution is 2.28. The summed E-state index contributed by atoms with van der Waals surface area (Å²) in [7, 11) is 1.95. The van der Waals surface area contributed by atoms with Crippen LogP contribution in [0.4, 0.5) is 0 Å². The average Bonchev–Trinajstić information content (AvgIpc) is 3.01. The number of likely N-dealkylation sites (tertiary alicyclic amines) is 1. The number of hydrogen-bond donors (Lipinski definition) is 1. The molecule has 3 rings (SSSR count). The van der Waals surface area contributed by atoms with Gasteiger partial charge in [-0.3, -0.25) is 9.58 Å². The molecule has 1 aliphatic heterocycles. The Morgan fingerprint density at radius 1 is 1.50 bits per heavy atom. The summed E-state index contributed by atoms with van der Waals surface area (Å²) in [5.74, 6) is 0. The Morgan fingerprint density at radius 3 is 3.06 bits per heavy atom. The number of aromatic nitrogens is 2. The first kappa shape index (κ1) is 11.9. The number of nitrogens with zero attached hydrogens (tertiary/aromatic N) is 3. The van der Waals surface area contributed by atoms with Gasteiger partial charge in [0.1, 0.15) is 0 Å². The van der Waals surface area contributed by atoms with E-state index >= 15 is 0 Å². The summed E-state index contributed by atoms with van der Waals surface area (Å²) in [5.41, 5.74) is 7.13. The number of thiophene rings is 1. The van der Waals surface area contributed by atoms with Crippen LogP contribution in [0, 0.1) is 0 Å². The molecule has 4 nitrogen and oxygen atoms in total. The first-order chi connectivity index (χ1) is 8.70. The van der Waals surface area contributed by atoms with Gasteiger partial charge in [-0.1, -0.05) is 0 Å². The number of hydrogen-bond acceptors (Lipinski definition) is 4. The molecule has 1 fully saturated rings. The molecule has 0 amide bonds. The summed E-state index contributed by atoms with van der Waals surface area (Å²) >= 11 is 1.85. The lowest BCUT2D eigenvalue weighted by Crippen LogP contribution is -2.25. The van der Waals surface area contributed by atoms with Gasteiger partial charge in [-0.05, 0) is 18.6 Å². The van der Waals surface area contributed by atoms with Crippen LogP contribution in [-0.4, -0.2) is 33.8 Å². The third-order valence-electron chi connectivity index (χ3n) is 3.34. The van der Waals surface area contributed by atoms with Crippen molar-refractivity contribution in [2.24, 2.45) is 12.8 Å². The van der Waals surface area contributed by atoms with Gasteiger partial charge in [-0.25, -0.2) is 0 Å². The second-order valence-electron chi connectivity index (χ2n) is 4.95. The number of aryl methyl sites for hydroxylation is 1. The molecule has 1 aliphatic rings.